The van der Waals surface area contributed by atoms with Crippen molar-refractivity contribution in [2.75, 3.05) is 0 Å². The molecule has 0 radical (unpaired) electrons. The quantitative estimate of drug-likeness (QED) is 0.446. The van der Waals surface area contributed by atoms with Crippen molar-refractivity contribution < 1.29 is 18.7 Å². The topological polar surface area (TPSA) is 59.0 Å². The Kier molecular flexibility index (Phi) is 4.27. The lowest BCUT2D eigenvalue weighted by atomic mass is 9.85. The first-order valence-corrected chi connectivity index (χ1v) is 9.68. The van der Waals surface area contributed by atoms with Gasteiger partial charge in [0.2, 0.25) is 0 Å². The molecule has 2 amide bonds. The van der Waals surface area contributed by atoms with Gasteiger partial charge in [-0.2, -0.15) is 10.1 Å². The Hall–Kier alpha value is -3.28. The summed E-state index contributed by atoms with van der Waals surface area (Å²) >= 11 is 0. The first-order valence-electron chi connectivity index (χ1n) is 9.68. The normalized spacial score (nSPS) is 27.3. The second-order valence-electron chi connectivity index (χ2n) is 7.69. The number of amides is 2. The number of fused-ring (bicyclic) bond motifs is 5. The molecule has 3 aliphatic rings. The van der Waals surface area contributed by atoms with Crippen LogP contribution in [0.3, 0.4) is 0 Å². The maximum absolute atomic E-state index is 13.3. The minimum atomic E-state index is -0.319. The molecule has 2 bridgehead atoms. The first kappa shape index (κ1) is 17.8. The van der Waals surface area contributed by atoms with E-state index in [-0.39, 0.29) is 47.9 Å². The first-order chi connectivity index (χ1) is 14.1. The lowest BCUT2D eigenvalue weighted by Crippen LogP contribution is -2.28. The molecule has 1 saturated carbocycles. The molecule has 29 heavy (non-hydrogen) atoms. The molecule has 0 aromatic heterocycles. The van der Waals surface area contributed by atoms with Crippen molar-refractivity contribution in [2.24, 2.45) is 28.8 Å². The highest BCUT2D eigenvalue weighted by Crippen LogP contribution is 2.52. The molecule has 4 atom stereocenters. The zero-order valence-corrected chi connectivity index (χ0v) is 15.6. The Labute approximate surface area is 167 Å². The molecular weight excluding hydrogens is 371 g/mol. The fourth-order valence-electron chi connectivity index (χ4n) is 4.63. The van der Waals surface area contributed by atoms with Crippen LogP contribution in [0.5, 0.6) is 5.75 Å². The van der Waals surface area contributed by atoms with Crippen LogP contribution < -0.4 is 4.74 Å². The molecule has 0 N–H and O–H groups in total. The molecule has 2 aromatic carbocycles. The van der Waals surface area contributed by atoms with Gasteiger partial charge in [-0.05, 0) is 48.1 Å². The maximum atomic E-state index is 13.3. The highest BCUT2D eigenvalue weighted by atomic mass is 19.1. The van der Waals surface area contributed by atoms with Crippen molar-refractivity contribution in [3.63, 3.8) is 0 Å². The lowest BCUT2D eigenvalue weighted by molar-refractivity contribution is -0.140. The second-order valence-corrected chi connectivity index (χ2v) is 7.69. The number of nitrogens with zero attached hydrogens (tertiary/aromatic N) is 2. The van der Waals surface area contributed by atoms with E-state index in [1.54, 1.807) is 24.3 Å². The lowest BCUT2D eigenvalue weighted by Gasteiger charge is -2.13. The fourth-order valence-corrected chi connectivity index (χ4v) is 4.63. The summed E-state index contributed by atoms with van der Waals surface area (Å²) in [7, 11) is 0. The van der Waals surface area contributed by atoms with Gasteiger partial charge in [0.15, 0.2) is 0 Å². The van der Waals surface area contributed by atoms with E-state index in [2.05, 4.69) is 17.3 Å². The third-order valence-corrected chi connectivity index (χ3v) is 5.96. The highest BCUT2D eigenvalue weighted by molar-refractivity contribution is 6.06. The third kappa shape index (κ3) is 3.05. The molecule has 1 saturated heterocycles. The van der Waals surface area contributed by atoms with E-state index >= 15 is 0 Å². The fraction of sp³-hybridized carbons (Fsp3) is 0.261. The second kappa shape index (κ2) is 6.95. The van der Waals surface area contributed by atoms with Crippen LogP contribution in [0, 0.1) is 29.5 Å². The summed E-state index contributed by atoms with van der Waals surface area (Å²) in [5, 5.41) is 5.22. The summed E-state index contributed by atoms with van der Waals surface area (Å²) in [4.78, 5) is 25.5. The minimum Gasteiger partial charge on any atom is -0.488 e. The van der Waals surface area contributed by atoms with Crippen LogP contribution in [0.2, 0.25) is 0 Å². The van der Waals surface area contributed by atoms with Crippen LogP contribution in [0.1, 0.15) is 17.5 Å². The average Bonchev–Trinajstić information content (AvgIpc) is 3.40. The monoisotopic (exact) mass is 390 g/mol. The van der Waals surface area contributed by atoms with Gasteiger partial charge in [0, 0.05) is 5.56 Å². The Morgan fingerprint density at radius 3 is 2.48 bits per heavy atom. The zero-order valence-electron chi connectivity index (χ0n) is 15.6. The van der Waals surface area contributed by atoms with E-state index in [9.17, 15) is 14.0 Å². The molecule has 0 spiro atoms. The summed E-state index contributed by atoms with van der Waals surface area (Å²) in [6, 6.07) is 13.4. The van der Waals surface area contributed by atoms with Gasteiger partial charge in [0.1, 0.15) is 18.2 Å². The van der Waals surface area contributed by atoms with Gasteiger partial charge in [-0.15, -0.1) is 0 Å². The molecule has 2 aliphatic carbocycles. The number of benzene rings is 2. The number of hydrogen-bond donors (Lipinski definition) is 0. The SMILES string of the molecule is O=C1C2C3C=CC(C3)C2C(=O)N1N=Cc1ccccc1OCc1cccc(F)c1. The van der Waals surface area contributed by atoms with Gasteiger partial charge in [-0.3, -0.25) is 9.59 Å². The number of allylic oxidation sites excluding steroid dienone is 2. The van der Waals surface area contributed by atoms with E-state index in [0.29, 0.717) is 16.9 Å². The van der Waals surface area contributed by atoms with Crippen molar-refractivity contribution in [1.82, 2.24) is 5.01 Å². The van der Waals surface area contributed by atoms with E-state index in [1.807, 2.05) is 12.1 Å². The smallest absolute Gasteiger partial charge is 0.254 e. The third-order valence-electron chi connectivity index (χ3n) is 5.96. The molecule has 5 nitrogen and oxygen atoms in total. The van der Waals surface area contributed by atoms with Crippen LogP contribution in [-0.4, -0.2) is 23.0 Å². The van der Waals surface area contributed by atoms with E-state index in [1.165, 1.54) is 18.3 Å². The standard InChI is InChI=1S/C23H19FN2O3/c24-18-6-3-4-14(10-18)13-29-19-7-2-1-5-17(19)12-25-26-22(27)20-15-8-9-16(11-15)21(20)23(26)28/h1-10,12,15-16,20-21H,11,13H2. The molecule has 146 valence electrons. The molecule has 4 unspecified atom stereocenters. The predicted octanol–water partition coefficient (Wildman–Crippen LogP) is 3.55. The summed E-state index contributed by atoms with van der Waals surface area (Å²) in [6.07, 6.45) is 6.48. The van der Waals surface area contributed by atoms with Crippen LogP contribution in [-0.2, 0) is 16.2 Å². The summed E-state index contributed by atoms with van der Waals surface area (Å²) in [6.45, 7) is 0.198. The van der Waals surface area contributed by atoms with Gasteiger partial charge >= 0.3 is 0 Å². The summed E-state index contributed by atoms with van der Waals surface area (Å²) in [5.41, 5.74) is 1.35. The number of carbonyl (C=O) groups excluding carboxylic acids is 2. The largest absolute Gasteiger partial charge is 0.488 e. The number of hydrogen-bond acceptors (Lipinski definition) is 4. The Bertz CT molecular complexity index is 1020. The Morgan fingerprint density at radius 1 is 1.03 bits per heavy atom. The van der Waals surface area contributed by atoms with E-state index in [4.69, 9.17) is 4.74 Å². The molecule has 1 aliphatic heterocycles. The average molecular weight is 390 g/mol. The molecule has 1 heterocycles. The Morgan fingerprint density at radius 2 is 1.76 bits per heavy atom. The number of para-hydroxylation sites is 1. The number of ether oxygens (including phenoxy) is 1. The van der Waals surface area contributed by atoms with Crippen molar-refractivity contribution in [3.05, 3.63) is 77.6 Å². The minimum absolute atomic E-state index is 0.156. The molecule has 5 rings (SSSR count). The van der Waals surface area contributed by atoms with Crippen molar-refractivity contribution in [1.29, 1.82) is 0 Å². The summed E-state index contributed by atoms with van der Waals surface area (Å²) < 4.78 is 19.2. The number of imide groups is 1. The molecule has 2 aromatic rings. The maximum Gasteiger partial charge on any atom is 0.254 e. The Balaban J connectivity index is 1.33. The number of rotatable bonds is 5. The molecular formula is C23H19FN2O3. The van der Waals surface area contributed by atoms with Crippen LogP contribution >= 0.6 is 0 Å². The van der Waals surface area contributed by atoms with Gasteiger partial charge in [-0.1, -0.05) is 36.4 Å². The van der Waals surface area contributed by atoms with E-state index in [0.717, 1.165) is 11.4 Å². The van der Waals surface area contributed by atoms with Gasteiger partial charge in [0.25, 0.3) is 11.8 Å². The predicted molar refractivity (Wildman–Crippen MR) is 104 cm³/mol. The van der Waals surface area contributed by atoms with E-state index < -0.39 is 0 Å². The summed E-state index contributed by atoms with van der Waals surface area (Å²) in [5.74, 6) is -0.435. The molecule has 6 heteroatoms. The molecule has 2 fully saturated rings. The van der Waals surface area contributed by atoms with Crippen LogP contribution in [0.4, 0.5) is 4.39 Å². The number of hydrazone groups is 1. The van der Waals surface area contributed by atoms with Gasteiger partial charge in [-0.25, -0.2) is 4.39 Å². The number of carbonyl (C=O) groups is 2. The van der Waals surface area contributed by atoms with Crippen LogP contribution in [0.15, 0.2) is 65.8 Å². The number of halogens is 1. The highest BCUT2D eigenvalue weighted by Gasteiger charge is 2.59. The van der Waals surface area contributed by atoms with Gasteiger partial charge in [0.05, 0.1) is 18.1 Å². The van der Waals surface area contributed by atoms with Gasteiger partial charge < -0.3 is 4.74 Å². The zero-order chi connectivity index (χ0) is 20.0. The van der Waals surface area contributed by atoms with Crippen LogP contribution in [0.25, 0.3) is 0 Å². The van der Waals surface area contributed by atoms with Crippen molar-refractivity contribution >= 4 is 18.0 Å². The van der Waals surface area contributed by atoms with Crippen molar-refractivity contribution in [2.45, 2.75) is 13.0 Å². The van der Waals surface area contributed by atoms with Crippen molar-refractivity contribution in [3.8, 4) is 5.75 Å².